The number of hydrogen-bond donors (Lipinski definition) is 2. The van der Waals surface area contributed by atoms with Crippen LogP contribution in [0.2, 0.25) is 5.02 Å². The van der Waals surface area contributed by atoms with Crippen molar-refractivity contribution in [2.45, 2.75) is 6.42 Å². The SMILES string of the molecule is O=C(CNCCc1cccc(I)c1)Nc1ccc(Cl)cn1. The largest absolute Gasteiger partial charge is 0.310 e. The summed E-state index contributed by atoms with van der Waals surface area (Å²) >= 11 is 8.02. The average molecular weight is 416 g/mol. The summed E-state index contributed by atoms with van der Waals surface area (Å²) in [5.41, 5.74) is 1.26. The first-order valence-electron chi connectivity index (χ1n) is 6.50. The number of anilines is 1. The minimum atomic E-state index is -0.118. The van der Waals surface area contributed by atoms with Crippen molar-refractivity contribution in [1.82, 2.24) is 10.3 Å². The van der Waals surface area contributed by atoms with E-state index in [1.54, 1.807) is 12.1 Å². The fourth-order valence-corrected chi connectivity index (χ4v) is 2.48. The van der Waals surface area contributed by atoms with Crippen LogP contribution in [0.3, 0.4) is 0 Å². The van der Waals surface area contributed by atoms with Crippen molar-refractivity contribution >= 4 is 45.9 Å². The molecule has 0 saturated carbocycles. The summed E-state index contributed by atoms with van der Waals surface area (Å²) in [6.45, 7) is 1.01. The van der Waals surface area contributed by atoms with Gasteiger partial charge >= 0.3 is 0 Å². The molecular weight excluding hydrogens is 401 g/mol. The predicted molar refractivity (Wildman–Crippen MR) is 93.6 cm³/mol. The van der Waals surface area contributed by atoms with Crippen molar-refractivity contribution in [2.75, 3.05) is 18.4 Å². The first kappa shape index (κ1) is 16.2. The molecule has 0 aliphatic carbocycles. The molecule has 0 fully saturated rings. The minimum Gasteiger partial charge on any atom is -0.310 e. The van der Waals surface area contributed by atoms with E-state index >= 15 is 0 Å². The van der Waals surface area contributed by atoms with E-state index in [2.05, 4.69) is 56.4 Å². The van der Waals surface area contributed by atoms with Gasteiger partial charge in [-0.05, 0) is 65.4 Å². The molecule has 0 unspecified atom stereocenters. The predicted octanol–water partition coefficient (Wildman–Crippen LogP) is 3.11. The molecule has 110 valence electrons. The van der Waals surface area contributed by atoms with Crippen LogP contribution in [0.5, 0.6) is 0 Å². The number of nitrogens with zero attached hydrogens (tertiary/aromatic N) is 1. The maximum atomic E-state index is 11.7. The zero-order valence-electron chi connectivity index (χ0n) is 11.3. The first-order valence-corrected chi connectivity index (χ1v) is 7.96. The first-order chi connectivity index (χ1) is 10.1. The van der Waals surface area contributed by atoms with Gasteiger partial charge in [-0.15, -0.1) is 0 Å². The summed E-state index contributed by atoms with van der Waals surface area (Å²) in [6.07, 6.45) is 2.39. The molecule has 6 heteroatoms. The molecule has 0 spiro atoms. The zero-order chi connectivity index (χ0) is 15.1. The maximum absolute atomic E-state index is 11.7. The summed E-state index contributed by atoms with van der Waals surface area (Å²) in [5.74, 6) is 0.385. The standard InChI is InChI=1S/C15H15ClIN3O/c16-12-4-5-14(19-9-12)20-15(21)10-18-7-6-11-2-1-3-13(17)8-11/h1-5,8-9,18H,6-7,10H2,(H,19,20,21). The smallest absolute Gasteiger partial charge is 0.239 e. The van der Waals surface area contributed by atoms with Crippen molar-refractivity contribution in [3.8, 4) is 0 Å². The number of pyridine rings is 1. The van der Waals surface area contributed by atoms with Gasteiger partial charge in [-0.2, -0.15) is 0 Å². The van der Waals surface area contributed by atoms with Crippen LogP contribution >= 0.6 is 34.2 Å². The van der Waals surface area contributed by atoms with Gasteiger partial charge in [0.15, 0.2) is 0 Å². The number of rotatable bonds is 6. The summed E-state index contributed by atoms with van der Waals surface area (Å²) < 4.78 is 1.22. The van der Waals surface area contributed by atoms with Crippen LogP contribution in [0, 0.1) is 3.57 Å². The number of benzene rings is 1. The summed E-state index contributed by atoms with van der Waals surface area (Å²) in [7, 11) is 0. The number of amides is 1. The Hall–Kier alpha value is -1.18. The number of hydrogen-bond acceptors (Lipinski definition) is 3. The molecule has 1 aromatic carbocycles. The van der Waals surface area contributed by atoms with Gasteiger partial charge in [-0.3, -0.25) is 4.79 Å². The molecule has 0 aliphatic heterocycles. The molecule has 2 rings (SSSR count). The number of halogens is 2. The summed E-state index contributed by atoms with van der Waals surface area (Å²) in [6, 6.07) is 11.7. The number of aromatic nitrogens is 1. The fraction of sp³-hybridized carbons (Fsp3) is 0.200. The van der Waals surface area contributed by atoms with E-state index in [0.717, 1.165) is 13.0 Å². The number of nitrogens with one attached hydrogen (secondary N) is 2. The summed E-state index contributed by atoms with van der Waals surface area (Å²) in [4.78, 5) is 15.7. The second-order valence-electron chi connectivity index (χ2n) is 4.47. The Balaban J connectivity index is 1.68. The Kier molecular flexibility index (Phi) is 6.41. The lowest BCUT2D eigenvalue weighted by Gasteiger charge is -2.06. The summed E-state index contributed by atoms with van der Waals surface area (Å²) in [5, 5.41) is 6.37. The van der Waals surface area contributed by atoms with Crippen molar-refractivity contribution < 1.29 is 4.79 Å². The molecule has 0 atom stereocenters. The molecule has 1 amide bonds. The maximum Gasteiger partial charge on any atom is 0.239 e. The molecule has 0 radical (unpaired) electrons. The average Bonchev–Trinajstić information content (AvgIpc) is 2.46. The third-order valence-electron chi connectivity index (χ3n) is 2.76. The molecule has 2 N–H and O–H groups in total. The monoisotopic (exact) mass is 415 g/mol. The van der Waals surface area contributed by atoms with E-state index in [-0.39, 0.29) is 12.5 Å². The normalized spacial score (nSPS) is 10.4. The van der Waals surface area contributed by atoms with E-state index < -0.39 is 0 Å². The molecular formula is C15H15ClIN3O. The van der Waals surface area contributed by atoms with Crippen molar-refractivity contribution in [3.05, 3.63) is 56.8 Å². The van der Waals surface area contributed by atoms with Gasteiger partial charge in [0.25, 0.3) is 0 Å². The second kappa shape index (κ2) is 8.31. The van der Waals surface area contributed by atoms with Gasteiger partial charge in [0.2, 0.25) is 5.91 Å². The van der Waals surface area contributed by atoms with Crippen LogP contribution in [-0.4, -0.2) is 24.0 Å². The van der Waals surface area contributed by atoms with E-state index in [9.17, 15) is 4.79 Å². The molecule has 0 aliphatic rings. The van der Waals surface area contributed by atoms with Gasteiger partial charge in [0, 0.05) is 9.77 Å². The van der Waals surface area contributed by atoms with Crippen LogP contribution in [0.1, 0.15) is 5.56 Å². The highest BCUT2D eigenvalue weighted by Gasteiger charge is 2.02. The molecule has 4 nitrogen and oxygen atoms in total. The number of carbonyl (C=O) groups excluding carboxylic acids is 1. The van der Waals surface area contributed by atoms with Crippen LogP contribution < -0.4 is 10.6 Å². The molecule has 0 saturated heterocycles. The van der Waals surface area contributed by atoms with Gasteiger partial charge in [0.05, 0.1) is 11.6 Å². The van der Waals surface area contributed by atoms with Gasteiger partial charge < -0.3 is 10.6 Å². The van der Waals surface area contributed by atoms with Crippen LogP contribution in [0.15, 0.2) is 42.6 Å². The molecule has 1 heterocycles. The van der Waals surface area contributed by atoms with Crippen molar-refractivity contribution in [1.29, 1.82) is 0 Å². The lowest BCUT2D eigenvalue weighted by Crippen LogP contribution is -2.29. The molecule has 21 heavy (non-hydrogen) atoms. The van der Waals surface area contributed by atoms with E-state index in [4.69, 9.17) is 11.6 Å². The lowest BCUT2D eigenvalue weighted by molar-refractivity contribution is -0.115. The Morgan fingerprint density at radius 1 is 1.29 bits per heavy atom. The number of carbonyl (C=O) groups is 1. The second-order valence-corrected chi connectivity index (χ2v) is 6.15. The quantitative estimate of drug-likeness (QED) is 0.563. The van der Waals surface area contributed by atoms with Crippen molar-refractivity contribution in [3.63, 3.8) is 0 Å². The zero-order valence-corrected chi connectivity index (χ0v) is 14.2. The van der Waals surface area contributed by atoms with E-state index in [0.29, 0.717) is 10.8 Å². The Bertz CT molecular complexity index is 604. The van der Waals surface area contributed by atoms with Gasteiger partial charge in [0.1, 0.15) is 5.82 Å². The fourth-order valence-electron chi connectivity index (χ4n) is 1.76. The topological polar surface area (TPSA) is 54.0 Å². The highest BCUT2D eigenvalue weighted by molar-refractivity contribution is 14.1. The van der Waals surface area contributed by atoms with E-state index in [1.807, 2.05) is 6.07 Å². The highest BCUT2D eigenvalue weighted by Crippen LogP contribution is 2.09. The Morgan fingerprint density at radius 2 is 2.14 bits per heavy atom. The molecule has 2 aromatic rings. The van der Waals surface area contributed by atoms with Crippen LogP contribution in [-0.2, 0) is 11.2 Å². The van der Waals surface area contributed by atoms with Crippen LogP contribution in [0.25, 0.3) is 0 Å². The molecule has 1 aromatic heterocycles. The third-order valence-corrected chi connectivity index (χ3v) is 3.65. The van der Waals surface area contributed by atoms with Gasteiger partial charge in [-0.1, -0.05) is 23.7 Å². The third kappa shape index (κ3) is 5.99. The highest BCUT2D eigenvalue weighted by atomic mass is 127. The van der Waals surface area contributed by atoms with E-state index in [1.165, 1.54) is 15.3 Å². The lowest BCUT2D eigenvalue weighted by atomic mass is 10.1. The van der Waals surface area contributed by atoms with Gasteiger partial charge in [-0.25, -0.2) is 4.98 Å². The Labute approximate surface area is 142 Å². The van der Waals surface area contributed by atoms with Crippen molar-refractivity contribution in [2.24, 2.45) is 0 Å². The molecule has 0 bridgehead atoms. The minimum absolute atomic E-state index is 0.118. The van der Waals surface area contributed by atoms with Crippen LogP contribution in [0.4, 0.5) is 5.82 Å². The Morgan fingerprint density at radius 3 is 2.86 bits per heavy atom.